The largest absolute Gasteiger partial charge is 0.511 e. The van der Waals surface area contributed by atoms with Gasteiger partial charge in [-0.2, -0.15) is 13.2 Å². The molecule has 0 radical (unpaired) electrons. The number of amides is 2. The second-order valence-corrected chi connectivity index (χ2v) is 16.2. The number of benzene rings is 3. The Bertz CT molecular complexity index is 2160. The van der Waals surface area contributed by atoms with Crippen LogP contribution in [0.4, 0.5) is 28.9 Å². The van der Waals surface area contributed by atoms with Crippen molar-refractivity contribution in [3.63, 3.8) is 0 Å². The highest BCUT2D eigenvalue weighted by Crippen LogP contribution is 2.53. The van der Waals surface area contributed by atoms with Gasteiger partial charge in [-0.25, -0.2) is 19.0 Å². The summed E-state index contributed by atoms with van der Waals surface area (Å²) in [5, 5.41) is 16.6. The number of aromatic nitrogens is 2. The van der Waals surface area contributed by atoms with E-state index in [1.165, 1.54) is 47.1 Å². The Morgan fingerprint density at radius 3 is 2.51 bits per heavy atom. The molecule has 3 aliphatic rings. The zero-order valence-electron chi connectivity index (χ0n) is 30.1. The lowest BCUT2D eigenvalue weighted by Crippen LogP contribution is -2.47. The highest BCUT2D eigenvalue weighted by molar-refractivity contribution is 7.57. The van der Waals surface area contributed by atoms with Crippen LogP contribution in [0.25, 0.3) is 0 Å². The number of fused-ring (bicyclic) bond motifs is 2. The van der Waals surface area contributed by atoms with Gasteiger partial charge in [-0.15, -0.1) is 0 Å². The highest BCUT2D eigenvalue weighted by Gasteiger charge is 2.45. The maximum Gasteiger partial charge on any atom is 0.416 e. The molecule has 1 aliphatic carbocycles. The Hall–Kier alpha value is -4.98. The molecule has 55 heavy (non-hydrogen) atoms. The van der Waals surface area contributed by atoms with E-state index in [0.717, 1.165) is 11.6 Å². The normalized spacial score (nSPS) is 24.4. The van der Waals surface area contributed by atoms with Gasteiger partial charge in [-0.05, 0) is 98.5 Å². The number of hydrogen-bond donors (Lipinski definition) is 5. The van der Waals surface area contributed by atoms with E-state index in [1.54, 1.807) is 43.5 Å². The van der Waals surface area contributed by atoms with Crippen molar-refractivity contribution in [2.45, 2.75) is 76.7 Å². The Morgan fingerprint density at radius 2 is 1.82 bits per heavy atom. The van der Waals surface area contributed by atoms with Crippen LogP contribution < -0.4 is 15.1 Å². The number of aliphatic hydroxyl groups is 1. The monoisotopic (exact) mass is 780 g/mol. The van der Waals surface area contributed by atoms with Crippen molar-refractivity contribution in [2.75, 3.05) is 16.5 Å². The van der Waals surface area contributed by atoms with Crippen LogP contribution in [0.3, 0.4) is 0 Å². The van der Waals surface area contributed by atoms with Crippen LogP contribution in [0.5, 0.6) is 0 Å². The first kappa shape index (κ1) is 38.3. The number of rotatable bonds is 7. The van der Waals surface area contributed by atoms with Crippen molar-refractivity contribution >= 4 is 30.9 Å². The third kappa shape index (κ3) is 7.65. The van der Waals surface area contributed by atoms with Gasteiger partial charge in [0.2, 0.25) is 5.91 Å². The van der Waals surface area contributed by atoms with E-state index in [2.05, 4.69) is 20.4 Å². The molecule has 2 unspecified atom stereocenters. The summed E-state index contributed by atoms with van der Waals surface area (Å²) in [5.41, 5.74) is 1.60. The van der Waals surface area contributed by atoms with Crippen LogP contribution in [0.15, 0.2) is 84.5 Å². The molecule has 2 fully saturated rings. The van der Waals surface area contributed by atoms with Crippen LogP contribution in [0, 0.1) is 25.6 Å². The molecule has 7 rings (SSSR count). The summed E-state index contributed by atoms with van der Waals surface area (Å²) in [5.74, 6) is -2.89. The fourth-order valence-electron chi connectivity index (χ4n) is 8.21. The number of carbonyl (C=O) groups excluding carboxylic acids is 2. The zero-order valence-corrected chi connectivity index (χ0v) is 31.0. The Kier molecular flexibility index (Phi) is 10.4. The molecular weight excluding hydrogens is 739 g/mol. The second kappa shape index (κ2) is 14.9. The van der Waals surface area contributed by atoms with Gasteiger partial charge in [-0.1, -0.05) is 30.3 Å². The third-order valence-corrected chi connectivity index (χ3v) is 12.7. The number of aromatic amines is 1. The molecule has 16 heteroatoms. The quantitative estimate of drug-likeness (QED) is 0.0939. The number of nitrogens with zero attached hydrogens (tertiary/aromatic N) is 3. The molecule has 1 saturated carbocycles. The smallest absolute Gasteiger partial charge is 0.416 e. The summed E-state index contributed by atoms with van der Waals surface area (Å²) < 4.78 is 72.1. The minimum Gasteiger partial charge on any atom is -0.511 e. The molecule has 0 spiro atoms. The molecule has 1 saturated heterocycles. The summed E-state index contributed by atoms with van der Waals surface area (Å²) in [6.45, 7) is 3.11. The molecule has 11 nitrogen and oxygen atoms in total. The predicted octanol–water partition coefficient (Wildman–Crippen LogP) is 7.90. The van der Waals surface area contributed by atoms with Crippen molar-refractivity contribution in [3.8, 4) is 0 Å². The molecule has 2 amide bonds. The minimum absolute atomic E-state index is 0.00388. The van der Waals surface area contributed by atoms with Crippen molar-refractivity contribution < 1.29 is 41.7 Å². The molecule has 4 aromatic rings. The summed E-state index contributed by atoms with van der Waals surface area (Å²) in [7, 11) is -4.36. The molecule has 5 atom stereocenters. The van der Waals surface area contributed by atoms with E-state index >= 15 is 4.39 Å². The van der Waals surface area contributed by atoms with E-state index in [0.29, 0.717) is 48.2 Å². The molecule has 1 aromatic heterocycles. The van der Waals surface area contributed by atoms with Gasteiger partial charge in [0, 0.05) is 42.3 Å². The molecule has 290 valence electrons. The molecule has 5 N–H and O–H groups in total. The fourth-order valence-corrected chi connectivity index (χ4v) is 10.0. The van der Waals surface area contributed by atoms with Crippen molar-refractivity contribution in [3.05, 3.63) is 124 Å². The van der Waals surface area contributed by atoms with Gasteiger partial charge in [0.15, 0.2) is 0 Å². The van der Waals surface area contributed by atoms with Gasteiger partial charge >= 0.3 is 13.8 Å². The lowest BCUT2D eigenvalue weighted by molar-refractivity contribution is -0.138. The molecular formula is C39H41F4N6O5P. The Morgan fingerprint density at radius 1 is 1.05 bits per heavy atom. The first-order valence-corrected chi connectivity index (χ1v) is 19.7. The number of likely N-dealkylation sites (tertiary alicyclic amines) is 1. The van der Waals surface area contributed by atoms with E-state index in [4.69, 9.17) is 0 Å². The van der Waals surface area contributed by atoms with Crippen LogP contribution in [0.2, 0.25) is 0 Å². The van der Waals surface area contributed by atoms with Crippen molar-refractivity contribution in [2.24, 2.45) is 5.92 Å². The maximum atomic E-state index is 15.2. The summed E-state index contributed by atoms with van der Waals surface area (Å²) in [6.07, 6.45) is 0.657. The van der Waals surface area contributed by atoms with Gasteiger partial charge < -0.3 is 25.2 Å². The number of halogens is 4. The third-order valence-electron chi connectivity index (χ3n) is 10.9. The van der Waals surface area contributed by atoms with Crippen LogP contribution in [0.1, 0.15) is 76.5 Å². The van der Waals surface area contributed by atoms with Crippen LogP contribution in [-0.2, 0) is 22.0 Å². The average molecular weight is 781 g/mol. The van der Waals surface area contributed by atoms with E-state index in [9.17, 15) is 37.3 Å². The lowest BCUT2D eigenvalue weighted by atomic mass is 9.83. The number of H-pyrrole nitrogens is 1. The number of nitrogens with one attached hydrogen (secondary N) is 3. The molecule has 2 aliphatic heterocycles. The summed E-state index contributed by atoms with van der Waals surface area (Å²) in [6, 6.07) is 12.1. The summed E-state index contributed by atoms with van der Waals surface area (Å²) >= 11 is 0. The number of imidazole rings is 1. The number of aryl methyl sites for hydroxylation is 2. The summed E-state index contributed by atoms with van der Waals surface area (Å²) in [4.78, 5) is 48.2. The molecule has 3 heterocycles. The number of piperidine rings is 1. The number of alkyl halides is 3. The first-order chi connectivity index (χ1) is 26.1. The number of carbonyl (C=O) groups is 2. The van der Waals surface area contributed by atoms with Gasteiger partial charge in [-0.3, -0.25) is 14.3 Å². The lowest BCUT2D eigenvalue weighted by Gasteiger charge is -2.41. The highest BCUT2D eigenvalue weighted by atomic mass is 31.2. The SMILES string of the molecule is Cc1ccc(NC(=O)[C@H]2CCCN(C(=O)c3c(C)cccc3F)[C@H]2c2ccc(N3C4CCC(=C(O)[C@H](Cc5cnc[nH]5)NP3(=O)O)C4)cc2)cc1C(F)(F)F. The molecule has 3 aromatic carbocycles. The van der Waals surface area contributed by atoms with Crippen LogP contribution in [-0.4, -0.2) is 55.3 Å². The van der Waals surface area contributed by atoms with E-state index in [1.807, 2.05) is 0 Å². The number of hydrogen-bond acceptors (Lipinski definition) is 5. The standard InChI is InChI=1S/C39H41F4N6O5P/c1-22-8-12-26(18-31(22)39(41,42)43)46-37(51)30-6-4-16-48(38(52)34-23(2)5-3-7-32(34)40)35(30)24-9-13-28(14-10-24)49-29-15-11-25(17-29)36(50)33(47-55(49,53)54)19-27-20-44-21-45-27/h3,5,7-10,12-14,18,20-21,29-30,33,35,50H,4,6,11,15-17,19H2,1-2H3,(H,44,45)(H,46,51)(H2,47,53,54)/t29?,30-,33-,35-/m0/s1. The fraction of sp³-hybridized carbons (Fsp3) is 0.359. The zero-order chi connectivity index (χ0) is 39.2. The topological polar surface area (TPSA) is 151 Å². The van der Waals surface area contributed by atoms with E-state index < -0.39 is 61.1 Å². The first-order valence-electron chi connectivity index (χ1n) is 18.1. The predicted molar refractivity (Wildman–Crippen MR) is 198 cm³/mol. The Balaban J connectivity index is 1.24. The van der Waals surface area contributed by atoms with Gasteiger partial charge in [0.25, 0.3) is 5.91 Å². The van der Waals surface area contributed by atoms with Crippen LogP contribution >= 0.6 is 7.67 Å². The molecule has 2 bridgehead atoms. The van der Waals surface area contributed by atoms with Gasteiger partial charge in [0.05, 0.1) is 35.5 Å². The maximum absolute atomic E-state index is 15.2. The average Bonchev–Trinajstić information content (AvgIpc) is 3.84. The number of aliphatic hydroxyl groups excluding tert-OH is 1. The minimum atomic E-state index is -4.64. The van der Waals surface area contributed by atoms with Crippen molar-refractivity contribution in [1.82, 2.24) is 20.0 Å². The van der Waals surface area contributed by atoms with Gasteiger partial charge in [0.1, 0.15) is 11.6 Å². The van der Waals surface area contributed by atoms with E-state index in [-0.39, 0.29) is 42.0 Å². The van der Waals surface area contributed by atoms with Crippen molar-refractivity contribution in [1.29, 1.82) is 0 Å². The second-order valence-electron chi connectivity index (χ2n) is 14.5. The Labute approximate surface area is 315 Å². The number of anilines is 2.